The van der Waals surface area contributed by atoms with Crippen LogP contribution in [0.15, 0.2) is 0 Å². The number of hydrogen-bond acceptors (Lipinski definition) is 2. The fourth-order valence-electron chi connectivity index (χ4n) is 0. The van der Waals surface area contributed by atoms with Gasteiger partial charge in [-0.15, -0.1) is 0 Å². The van der Waals surface area contributed by atoms with Gasteiger partial charge >= 0.3 is 43.5 Å². The number of hydrogen-bond donors (Lipinski definition) is 5. The number of carbonyl (C=O) groups is 1. The van der Waals surface area contributed by atoms with Crippen LogP contribution in [-0.2, 0) is 4.57 Å². The molecule has 0 spiro atoms. The molecule has 58 valence electrons. The van der Waals surface area contributed by atoms with Crippen molar-refractivity contribution in [3.8, 4) is 0 Å². The maximum Gasteiger partial charge on any atom is 1.00 e. The predicted molar refractivity (Wildman–Crippen MR) is 26.0 cm³/mol. The monoisotopic (exact) mass is 184 g/mol. The zero-order chi connectivity index (χ0) is 8.08. The second-order valence-corrected chi connectivity index (χ2v) is 1.82. The molecular formula is CH6NaO7P. The first-order valence-electron chi connectivity index (χ1n) is 1.43. The van der Waals surface area contributed by atoms with E-state index in [1.165, 1.54) is 0 Å². The zero-order valence-electron chi connectivity index (χ0n) is 6.00. The van der Waals surface area contributed by atoms with E-state index >= 15 is 0 Å². The number of rotatable bonds is 0. The van der Waals surface area contributed by atoms with E-state index in [1.807, 2.05) is 0 Å². The first-order valence-corrected chi connectivity index (χ1v) is 3.00. The Kier molecular flexibility index (Phi) is 12.6. The van der Waals surface area contributed by atoms with Crippen LogP contribution in [0.1, 0.15) is 1.43 Å². The molecule has 9 heteroatoms. The molecule has 0 bridgehead atoms. The molecule has 0 aliphatic rings. The van der Waals surface area contributed by atoms with Crippen molar-refractivity contribution < 1.29 is 65.2 Å². The molecule has 0 rings (SSSR count). The number of carboxylic acid groups (broad SMARTS) is 2. The van der Waals surface area contributed by atoms with Gasteiger partial charge in [-0.25, -0.2) is 9.36 Å². The third kappa shape index (κ3) is 3160. The van der Waals surface area contributed by atoms with Crippen LogP contribution in [0.5, 0.6) is 0 Å². The Labute approximate surface area is 79.3 Å². The van der Waals surface area contributed by atoms with E-state index in [4.69, 9.17) is 34.3 Å². The second-order valence-electron chi connectivity index (χ2n) is 0.796. The van der Waals surface area contributed by atoms with E-state index in [-0.39, 0.29) is 31.0 Å². The molecule has 0 aromatic carbocycles. The van der Waals surface area contributed by atoms with Crippen molar-refractivity contribution in [3.05, 3.63) is 0 Å². The molecule has 0 aromatic rings. The Morgan fingerprint density at radius 1 is 1.20 bits per heavy atom. The zero-order valence-corrected chi connectivity index (χ0v) is 7.89. The minimum atomic E-state index is -4.64. The molecule has 0 amide bonds. The molecule has 0 saturated heterocycles. The van der Waals surface area contributed by atoms with Crippen molar-refractivity contribution in [1.82, 2.24) is 0 Å². The van der Waals surface area contributed by atoms with E-state index in [0.717, 1.165) is 0 Å². The van der Waals surface area contributed by atoms with Gasteiger partial charge in [-0.3, -0.25) is 0 Å². The summed E-state index contributed by atoms with van der Waals surface area (Å²) in [4.78, 5) is 30.1. The van der Waals surface area contributed by atoms with Gasteiger partial charge in [0.25, 0.3) is 0 Å². The van der Waals surface area contributed by atoms with Crippen LogP contribution in [0.4, 0.5) is 4.79 Å². The van der Waals surface area contributed by atoms with Crippen LogP contribution >= 0.6 is 7.82 Å². The molecule has 0 aliphatic heterocycles. The van der Waals surface area contributed by atoms with Gasteiger partial charge in [-0.1, -0.05) is 0 Å². The summed E-state index contributed by atoms with van der Waals surface area (Å²) < 4.78 is 8.88. The maximum atomic E-state index is 8.88. The van der Waals surface area contributed by atoms with Gasteiger partial charge in [0.15, 0.2) is 0 Å². The Bertz CT molecular complexity index is 118. The van der Waals surface area contributed by atoms with Crippen molar-refractivity contribution in [3.63, 3.8) is 0 Å². The quantitative estimate of drug-likeness (QED) is 0.194. The van der Waals surface area contributed by atoms with Gasteiger partial charge in [0.2, 0.25) is 0 Å². The SMILES string of the molecule is O=C(O)O.O=P(O)(O)O.[H-].[Na+]. The summed E-state index contributed by atoms with van der Waals surface area (Å²) in [5.41, 5.74) is 0. The Hall–Kier alpha value is 0.380. The average Bonchev–Trinajstić information content (AvgIpc) is 1.19. The normalized spacial score (nSPS) is 8.30. The first kappa shape index (κ1) is 16.8. The molecule has 0 fully saturated rings. The summed E-state index contributed by atoms with van der Waals surface area (Å²) in [5, 5.41) is 13.9. The maximum absolute atomic E-state index is 8.88. The number of phosphoric acid groups is 1. The van der Waals surface area contributed by atoms with E-state index in [0.29, 0.717) is 0 Å². The summed E-state index contributed by atoms with van der Waals surface area (Å²) in [6, 6.07) is 0. The summed E-state index contributed by atoms with van der Waals surface area (Å²) >= 11 is 0. The van der Waals surface area contributed by atoms with Crippen molar-refractivity contribution in [2.24, 2.45) is 0 Å². The van der Waals surface area contributed by atoms with Crippen LogP contribution in [0.2, 0.25) is 0 Å². The molecule has 0 aliphatic carbocycles. The minimum Gasteiger partial charge on any atom is -1.00 e. The molecule has 0 heterocycles. The molecular weight excluding hydrogens is 178 g/mol. The third-order valence-electron chi connectivity index (χ3n) is 0. The van der Waals surface area contributed by atoms with Gasteiger partial charge in [0, 0.05) is 0 Å². The summed E-state index contributed by atoms with van der Waals surface area (Å²) in [5.74, 6) is 0. The van der Waals surface area contributed by atoms with E-state index in [1.54, 1.807) is 0 Å². The van der Waals surface area contributed by atoms with E-state index in [9.17, 15) is 0 Å². The third-order valence-corrected chi connectivity index (χ3v) is 0. The van der Waals surface area contributed by atoms with Crippen molar-refractivity contribution in [1.29, 1.82) is 0 Å². The fraction of sp³-hybridized carbons (Fsp3) is 0. The summed E-state index contributed by atoms with van der Waals surface area (Å²) in [6.07, 6.45) is -1.83. The van der Waals surface area contributed by atoms with Crippen LogP contribution in [-0.4, -0.2) is 31.0 Å². The van der Waals surface area contributed by atoms with Gasteiger partial charge in [0.1, 0.15) is 0 Å². The smallest absolute Gasteiger partial charge is 1.00 e. The Balaban J connectivity index is -0.0000000383. The predicted octanol–water partition coefficient (Wildman–Crippen LogP) is -3.59. The van der Waals surface area contributed by atoms with Crippen molar-refractivity contribution >= 4 is 14.0 Å². The molecule has 5 N–H and O–H groups in total. The van der Waals surface area contributed by atoms with Crippen molar-refractivity contribution in [2.45, 2.75) is 0 Å². The van der Waals surface area contributed by atoms with E-state index < -0.39 is 14.0 Å². The van der Waals surface area contributed by atoms with Gasteiger partial charge in [-0.2, -0.15) is 0 Å². The molecule has 0 radical (unpaired) electrons. The van der Waals surface area contributed by atoms with Gasteiger partial charge in [0.05, 0.1) is 0 Å². The molecule has 0 saturated carbocycles. The molecule has 0 unspecified atom stereocenters. The summed E-state index contributed by atoms with van der Waals surface area (Å²) in [7, 11) is -4.64. The average molecular weight is 184 g/mol. The standard InChI is InChI=1S/CH2O3.Na.H3O4P.H/c2-1(3)4;;1-5(2,3)4;/h(H2,2,3,4);;(H3,1,2,3,4);/q;+1;;-1. The molecule has 0 aromatic heterocycles. The van der Waals surface area contributed by atoms with Crippen LogP contribution in [0.25, 0.3) is 0 Å². The Morgan fingerprint density at radius 3 is 1.20 bits per heavy atom. The first-order chi connectivity index (χ1) is 3.73. The Morgan fingerprint density at radius 2 is 1.20 bits per heavy atom. The van der Waals surface area contributed by atoms with Crippen LogP contribution < -0.4 is 29.6 Å². The van der Waals surface area contributed by atoms with Crippen molar-refractivity contribution in [2.75, 3.05) is 0 Å². The minimum absolute atomic E-state index is 0. The molecule has 10 heavy (non-hydrogen) atoms. The fourth-order valence-corrected chi connectivity index (χ4v) is 0. The summed E-state index contributed by atoms with van der Waals surface area (Å²) in [6.45, 7) is 0. The molecule has 0 atom stereocenters. The molecule has 7 nitrogen and oxygen atoms in total. The van der Waals surface area contributed by atoms with Gasteiger partial charge < -0.3 is 26.3 Å². The van der Waals surface area contributed by atoms with Crippen LogP contribution in [0.3, 0.4) is 0 Å². The largest absolute Gasteiger partial charge is 1.00 e. The van der Waals surface area contributed by atoms with Crippen LogP contribution in [0, 0.1) is 0 Å². The topological polar surface area (TPSA) is 135 Å². The van der Waals surface area contributed by atoms with E-state index in [2.05, 4.69) is 0 Å². The van der Waals surface area contributed by atoms with Gasteiger partial charge in [-0.05, 0) is 0 Å². The second kappa shape index (κ2) is 7.49.